The van der Waals surface area contributed by atoms with Gasteiger partial charge in [-0.15, -0.1) is 0 Å². The molecule has 144 valence electrons. The number of hydrogen-bond acceptors (Lipinski definition) is 4. The summed E-state index contributed by atoms with van der Waals surface area (Å²) in [4.78, 5) is 21.3. The van der Waals surface area contributed by atoms with E-state index in [1.165, 1.54) is 12.1 Å². The number of hydrogen-bond donors (Lipinski definition) is 1. The number of carbonyl (C=O) groups excluding carboxylic acids is 1. The number of ether oxygens (including phenoxy) is 1. The van der Waals surface area contributed by atoms with E-state index in [2.05, 4.69) is 0 Å². The van der Waals surface area contributed by atoms with E-state index in [4.69, 9.17) is 22.1 Å². The molecule has 11 heteroatoms. The van der Waals surface area contributed by atoms with Gasteiger partial charge in [-0.25, -0.2) is 4.39 Å². The summed E-state index contributed by atoms with van der Waals surface area (Å²) in [5, 5.41) is 10.0. The third-order valence-electron chi connectivity index (χ3n) is 3.44. The zero-order chi connectivity index (χ0) is 20.4. The third kappa shape index (κ3) is 5.07. The van der Waals surface area contributed by atoms with Crippen LogP contribution >= 0.6 is 11.6 Å². The molecule has 1 atom stereocenters. The molecule has 0 aliphatic heterocycles. The normalized spacial score (nSPS) is 12.5. The lowest BCUT2D eigenvalue weighted by Gasteiger charge is -2.21. The first-order chi connectivity index (χ1) is 12.5. The summed E-state index contributed by atoms with van der Waals surface area (Å²) >= 11 is 5.79. The van der Waals surface area contributed by atoms with Crippen molar-refractivity contribution in [2.24, 2.45) is 5.73 Å². The molecule has 2 rings (SSSR count). The third-order valence-corrected chi connectivity index (χ3v) is 3.75. The minimum Gasteiger partial charge on any atom is -0.485 e. The van der Waals surface area contributed by atoms with Gasteiger partial charge in [-0.05, 0) is 24.3 Å². The molecule has 1 unspecified atom stereocenters. The average Bonchev–Trinajstić information content (AvgIpc) is 2.53. The van der Waals surface area contributed by atoms with E-state index in [9.17, 15) is 32.5 Å². The van der Waals surface area contributed by atoms with Crippen LogP contribution in [0.5, 0.6) is 5.75 Å². The second kappa shape index (κ2) is 7.78. The number of alkyl halides is 3. The van der Waals surface area contributed by atoms with Crippen LogP contribution in [0.4, 0.5) is 23.2 Å². The molecule has 2 aromatic carbocycles. The van der Waals surface area contributed by atoms with Crippen molar-refractivity contribution in [1.82, 2.24) is 0 Å². The molecule has 0 saturated heterocycles. The Labute approximate surface area is 154 Å². The number of halogens is 5. The Morgan fingerprint density at radius 1 is 1.26 bits per heavy atom. The van der Waals surface area contributed by atoms with Crippen LogP contribution < -0.4 is 10.5 Å². The van der Waals surface area contributed by atoms with E-state index in [1.807, 2.05) is 0 Å². The minimum absolute atomic E-state index is 0.00205. The van der Waals surface area contributed by atoms with E-state index >= 15 is 0 Å². The molecule has 0 aliphatic carbocycles. The van der Waals surface area contributed by atoms with E-state index in [0.717, 1.165) is 12.1 Å². The molecule has 27 heavy (non-hydrogen) atoms. The molecule has 0 bridgehead atoms. The molecule has 0 spiro atoms. The monoisotopic (exact) mass is 406 g/mol. The maximum atomic E-state index is 14.3. The van der Waals surface area contributed by atoms with Crippen molar-refractivity contribution in [3.63, 3.8) is 0 Å². The number of nitrogens with two attached hydrogens (primary N) is 1. The van der Waals surface area contributed by atoms with Crippen molar-refractivity contribution in [2.45, 2.75) is 18.7 Å². The van der Waals surface area contributed by atoms with Crippen LogP contribution in [0.1, 0.15) is 23.7 Å². The van der Waals surface area contributed by atoms with E-state index < -0.39 is 51.5 Å². The van der Waals surface area contributed by atoms with Gasteiger partial charge in [0, 0.05) is 17.7 Å². The van der Waals surface area contributed by atoms with Gasteiger partial charge in [0.2, 0.25) is 5.91 Å². The predicted octanol–water partition coefficient (Wildman–Crippen LogP) is 4.40. The highest BCUT2D eigenvalue weighted by molar-refractivity contribution is 6.31. The molecule has 1 amide bonds. The molecule has 0 aliphatic rings. The fraction of sp³-hybridized carbons (Fsp3) is 0.188. The van der Waals surface area contributed by atoms with Gasteiger partial charge in [-0.1, -0.05) is 11.6 Å². The molecule has 0 radical (unpaired) electrons. The van der Waals surface area contributed by atoms with Crippen LogP contribution in [-0.4, -0.2) is 10.8 Å². The zero-order valence-electron chi connectivity index (χ0n) is 13.3. The molecule has 0 heterocycles. The lowest BCUT2D eigenvalue weighted by Crippen LogP contribution is -2.21. The second-order valence-corrected chi connectivity index (χ2v) is 5.79. The Balaban J connectivity index is 2.41. The van der Waals surface area contributed by atoms with Crippen LogP contribution in [0, 0.1) is 15.9 Å². The highest BCUT2D eigenvalue weighted by Gasteiger charge is 2.34. The topological polar surface area (TPSA) is 95.5 Å². The molecule has 0 saturated carbocycles. The van der Waals surface area contributed by atoms with Crippen LogP contribution in [-0.2, 0) is 11.0 Å². The summed E-state index contributed by atoms with van der Waals surface area (Å²) in [5.74, 6) is -2.25. The molecule has 2 N–H and O–H groups in total. The lowest BCUT2D eigenvalue weighted by molar-refractivity contribution is -0.384. The summed E-state index contributed by atoms with van der Waals surface area (Å²) in [5.41, 5.74) is 3.06. The number of amides is 1. The van der Waals surface area contributed by atoms with Crippen molar-refractivity contribution in [1.29, 1.82) is 0 Å². The highest BCUT2D eigenvalue weighted by atomic mass is 35.5. The van der Waals surface area contributed by atoms with Crippen LogP contribution in [0.2, 0.25) is 5.02 Å². The SMILES string of the molecule is NC(=O)CC(Oc1ccc([N+](=O)[O-])cc1)c1c(F)cc(C(F)(F)F)cc1Cl. The van der Waals surface area contributed by atoms with E-state index in [1.54, 1.807) is 0 Å². The van der Waals surface area contributed by atoms with Gasteiger partial charge < -0.3 is 10.5 Å². The zero-order valence-corrected chi connectivity index (χ0v) is 14.1. The van der Waals surface area contributed by atoms with Crippen molar-refractivity contribution >= 4 is 23.2 Å². The highest BCUT2D eigenvalue weighted by Crippen LogP contribution is 2.38. The maximum Gasteiger partial charge on any atom is 0.416 e. The van der Waals surface area contributed by atoms with E-state index in [-0.39, 0.29) is 17.5 Å². The Morgan fingerprint density at radius 2 is 1.85 bits per heavy atom. The first kappa shape index (κ1) is 20.4. The van der Waals surface area contributed by atoms with Gasteiger partial charge in [0.15, 0.2) is 0 Å². The van der Waals surface area contributed by atoms with Gasteiger partial charge >= 0.3 is 6.18 Å². The van der Waals surface area contributed by atoms with Crippen LogP contribution in [0.15, 0.2) is 36.4 Å². The van der Waals surface area contributed by atoms with E-state index in [0.29, 0.717) is 6.07 Å². The fourth-order valence-electron chi connectivity index (χ4n) is 2.25. The number of nitro benzene ring substituents is 1. The smallest absolute Gasteiger partial charge is 0.416 e. The van der Waals surface area contributed by atoms with Crippen molar-refractivity contribution in [2.75, 3.05) is 0 Å². The minimum atomic E-state index is -4.82. The Kier molecular flexibility index (Phi) is 5.89. The van der Waals surface area contributed by atoms with Crippen molar-refractivity contribution in [3.05, 3.63) is 68.5 Å². The Bertz CT molecular complexity index is 849. The maximum absolute atomic E-state index is 14.3. The molecule has 6 nitrogen and oxygen atoms in total. The lowest BCUT2D eigenvalue weighted by atomic mass is 10.0. The largest absolute Gasteiger partial charge is 0.485 e. The average molecular weight is 407 g/mol. The molecule has 2 aromatic rings. The van der Waals surface area contributed by atoms with Crippen LogP contribution in [0.25, 0.3) is 0 Å². The predicted molar refractivity (Wildman–Crippen MR) is 86.7 cm³/mol. The quantitative estimate of drug-likeness (QED) is 0.437. The molecule has 0 fully saturated rings. The van der Waals surface area contributed by atoms with Crippen LogP contribution in [0.3, 0.4) is 0 Å². The second-order valence-electron chi connectivity index (χ2n) is 5.38. The first-order valence-electron chi connectivity index (χ1n) is 7.24. The fourth-order valence-corrected chi connectivity index (χ4v) is 2.58. The van der Waals surface area contributed by atoms with Crippen molar-refractivity contribution in [3.8, 4) is 5.75 Å². The van der Waals surface area contributed by atoms with Gasteiger partial charge in [-0.3, -0.25) is 14.9 Å². The summed E-state index contributed by atoms with van der Waals surface area (Å²) in [6.45, 7) is 0. The summed E-state index contributed by atoms with van der Waals surface area (Å²) in [6, 6.07) is 5.30. The van der Waals surface area contributed by atoms with Gasteiger partial charge in [0.25, 0.3) is 5.69 Å². The first-order valence-corrected chi connectivity index (χ1v) is 7.62. The number of rotatable bonds is 6. The summed E-state index contributed by atoms with van der Waals surface area (Å²) < 4.78 is 58.0. The summed E-state index contributed by atoms with van der Waals surface area (Å²) in [6.07, 6.45) is -6.83. The Hall–Kier alpha value is -2.88. The summed E-state index contributed by atoms with van der Waals surface area (Å²) in [7, 11) is 0. The van der Waals surface area contributed by atoms with Gasteiger partial charge in [-0.2, -0.15) is 13.2 Å². The molecule has 0 aromatic heterocycles. The molecular formula is C16H11ClF4N2O4. The number of nitro groups is 1. The van der Waals surface area contributed by atoms with Crippen molar-refractivity contribution < 1.29 is 32.0 Å². The number of non-ortho nitro benzene ring substituents is 1. The van der Waals surface area contributed by atoms with Gasteiger partial charge in [0.05, 0.1) is 21.9 Å². The Morgan fingerprint density at radius 3 is 2.30 bits per heavy atom. The van der Waals surface area contributed by atoms with Gasteiger partial charge in [0.1, 0.15) is 17.7 Å². The molecular weight excluding hydrogens is 396 g/mol. The standard InChI is InChI=1S/C16H11ClF4N2O4/c17-11-5-8(16(19,20)21)6-12(18)15(11)13(7-14(22)24)27-10-3-1-9(2-4-10)23(25)26/h1-6,13H,7H2,(H2,22,24). The number of nitrogens with zero attached hydrogens (tertiary/aromatic N) is 1. The number of primary amides is 1. The number of benzene rings is 2. The number of carbonyl (C=O) groups is 1.